The van der Waals surface area contributed by atoms with Crippen LogP contribution in [0.5, 0.6) is 0 Å². The number of anilines is 1. The third kappa shape index (κ3) is 5.18. The second-order valence-electron chi connectivity index (χ2n) is 9.77. The molecule has 0 bridgehead atoms. The van der Waals surface area contributed by atoms with Crippen LogP contribution in [-0.4, -0.2) is 42.5 Å². The molecule has 3 heterocycles. The quantitative estimate of drug-likeness (QED) is 0.316. The Labute approximate surface area is 222 Å². The van der Waals surface area contributed by atoms with Crippen molar-refractivity contribution in [3.63, 3.8) is 0 Å². The first-order chi connectivity index (χ1) is 18.2. The van der Waals surface area contributed by atoms with E-state index in [-0.39, 0.29) is 12.2 Å². The van der Waals surface area contributed by atoms with Crippen LogP contribution < -0.4 is 10.2 Å². The number of fused-ring (bicyclic) bond motifs is 1. The number of nitrogens with one attached hydrogen (secondary N) is 2. The van der Waals surface area contributed by atoms with Crippen molar-refractivity contribution in [1.29, 1.82) is 0 Å². The SMILES string of the molecule is CC(C)(C)NC(=O)[C@H](c1c[nH]c2ccccc12)N(C(=O)Cn1nnc(-c2cccs2)n1)c1ccccc1F. The summed E-state index contributed by atoms with van der Waals surface area (Å²) in [6.07, 6.45) is 1.68. The molecule has 38 heavy (non-hydrogen) atoms. The predicted molar refractivity (Wildman–Crippen MR) is 144 cm³/mol. The number of amides is 2. The Kier molecular flexibility index (Phi) is 6.77. The fraction of sp³-hybridized carbons (Fsp3) is 0.222. The molecule has 0 saturated heterocycles. The lowest BCUT2D eigenvalue weighted by molar-refractivity contribution is -0.128. The van der Waals surface area contributed by atoms with Gasteiger partial charge in [0.25, 0.3) is 5.91 Å². The molecule has 0 saturated carbocycles. The van der Waals surface area contributed by atoms with Gasteiger partial charge in [0.15, 0.2) is 0 Å². The largest absolute Gasteiger partial charge is 0.361 e. The number of halogens is 1. The summed E-state index contributed by atoms with van der Waals surface area (Å²) in [7, 11) is 0. The molecule has 9 nitrogen and oxygen atoms in total. The lowest BCUT2D eigenvalue weighted by atomic mass is 10.00. The third-order valence-electron chi connectivity index (χ3n) is 5.77. The van der Waals surface area contributed by atoms with Gasteiger partial charge in [-0.3, -0.25) is 14.5 Å². The topological polar surface area (TPSA) is 109 Å². The molecule has 0 aliphatic carbocycles. The molecule has 5 rings (SSSR count). The van der Waals surface area contributed by atoms with Crippen molar-refractivity contribution in [3.05, 3.63) is 83.6 Å². The maximum absolute atomic E-state index is 15.3. The molecule has 2 amide bonds. The average Bonchev–Trinajstić information content (AvgIpc) is 3.63. The van der Waals surface area contributed by atoms with Gasteiger partial charge in [-0.2, -0.15) is 4.80 Å². The zero-order chi connectivity index (χ0) is 26.9. The van der Waals surface area contributed by atoms with Gasteiger partial charge in [0.2, 0.25) is 11.7 Å². The highest BCUT2D eigenvalue weighted by molar-refractivity contribution is 7.13. The highest BCUT2D eigenvalue weighted by atomic mass is 32.1. The van der Waals surface area contributed by atoms with Crippen molar-refractivity contribution in [2.75, 3.05) is 4.90 Å². The maximum Gasteiger partial charge on any atom is 0.251 e. The first kappa shape index (κ1) is 25.3. The van der Waals surface area contributed by atoms with Gasteiger partial charge in [0.05, 0.1) is 10.6 Å². The van der Waals surface area contributed by atoms with Gasteiger partial charge >= 0.3 is 0 Å². The van der Waals surface area contributed by atoms with Crippen molar-refractivity contribution in [2.24, 2.45) is 0 Å². The zero-order valence-electron chi connectivity index (χ0n) is 21.1. The van der Waals surface area contributed by atoms with Gasteiger partial charge in [-0.25, -0.2) is 4.39 Å². The Hall–Kier alpha value is -4.38. The minimum Gasteiger partial charge on any atom is -0.361 e. The van der Waals surface area contributed by atoms with Crippen LogP contribution in [0.1, 0.15) is 32.4 Å². The van der Waals surface area contributed by atoms with E-state index in [0.717, 1.165) is 20.6 Å². The van der Waals surface area contributed by atoms with E-state index in [9.17, 15) is 9.59 Å². The van der Waals surface area contributed by atoms with Crippen LogP contribution in [0.2, 0.25) is 0 Å². The van der Waals surface area contributed by atoms with E-state index in [2.05, 4.69) is 25.7 Å². The second kappa shape index (κ2) is 10.2. The number of para-hydroxylation sites is 2. The molecule has 0 aliphatic rings. The van der Waals surface area contributed by atoms with Gasteiger partial charge in [0, 0.05) is 28.2 Å². The Bertz CT molecular complexity index is 1590. The summed E-state index contributed by atoms with van der Waals surface area (Å²) in [4.78, 5) is 34.1. The van der Waals surface area contributed by atoms with Gasteiger partial charge < -0.3 is 10.3 Å². The molecule has 2 N–H and O–H groups in total. The first-order valence-electron chi connectivity index (χ1n) is 12.0. The Morgan fingerprint density at radius 1 is 1.11 bits per heavy atom. The highest BCUT2D eigenvalue weighted by Crippen LogP contribution is 2.34. The predicted octanol–water partition coefficient (Wildman–Crippen LogP) is 4.71. The van der Waals surface area contributed by atoms with Crippen LogP contribution in [0, 0.1) is 5.82 Å². The van der Waals surface area contributed by atoms with Crippen LogP contribution >= 0.6 is 11.3 Å². The smallest absolute Gasteiger partial charge is 0.251 e. The molecular formula is C27H26FN7O2S. The number of hydrogen-bond donors (Lipinski definition) is 2. The molecule has 0 radical (unpaired) electrons. The number of H-pyrrole nitrogens is 1. The molecule has 0 spiro atoms. The second-order valence-corrected chi connectivity index (χ2v) is 10.7. The number of nitrogens with zero attached hydrogens (tertiary/aromatic N) is 5. The number of rotatable bonds is 7. The number of hydrogen-bond acceptors (Lipinski definition) is 6. The van der Waals surface area contributed by atoms with Gasteiger partial charge in [-0.1, -0.05) is 36.4 Å². The number of aromatic amines is 1. The summed E-state index contributed by atoms with van der Waals surface area (Å²) in [6, 6.07) is 15.9. The summed E-state index contributed by atoms with van der Waals surface area (Å²) < 4.78 is 15.3. The Morgan fingerprint density at radius 2 is 1.87 bits per heavy atom. The summed E-state index contributed by atoms with van der Waals surface area (Å²) in [6.45, 7) is 5.18. The van der Waals surface area contributed by atoms with Crippen LogP contribution in [0.25, 0.3) is 21.6 Å². The normalized spacial score (nSPS) is 12.4. The van der Waals surface area contributed by atoms with E-state index >= 15 is 4.39 Å². The van der Waals surface area contributed by atoms with Gasteiger partial charge in [0.1, 0.15) is 18.4 Å². The summed E-state index contributed by atoms with van der Waals surface area (Å²) in [5, 5.41) is 18.0. The number of carbonyl (C=O) groups is 2. The molecule has 0 aliphatic heterocycles. The van der Waals surface area contributed by atoms with Crippen LogP contribution in [0.4, 0.5) is 10.1 Å². The third-order valence-corrected chi connectivity index (χ3v) is 6.64. The maximum atomic E-state index is 15.3. The van der Waals surface area contributed by atoms with Crippen molar-refractivity contribution < 1.29 is 14.0 Å². The van der Waals surface area contributed by atoms with E-state index in [1.54, 1.807) is 12.3 Å². The van der Waals surface area contributed by atoms with E-state index < -0.39 is 29.2 Å². The molecule has 194 valence electrons. The monoisotopic (exact) mass is 531 g/mol. The minimum absolute atomic E-state index is 0.0320. The zero-order valence-corrected chi connectivity index (χ0v) is 21.9. The standard InChI is InChI=1S/C27H26FN7O2S/c1-27(2,3)30-26(37)24(18-15-29-20-11-6-4-9-17(18)20)35(21-12-7-5-10-19(21)28)23(36)16-34-32-25(31-33-34)22-13-8-14-38-22/h4-15,24,29H,16H2,1-3H3,(H,30,37)/t24-/m0/s1. The van der Waals surface area contributed by atoms with Crippen LogP contribution in [0.15, 0.2) is 72.2 Å². The number of tetrazole rings is 1. The summed E-state index contributed by atoms with van der Waals surface area (Å²) in [5.41, 5.74) is 0.685. The van der Waals surface area contributed by atoms with E-state index in [4.69, 9.17) is 0 Å². The Balaban J connectivity index is 1.61. The van der Waals surface area contributed by atoms with Crippen molar-refractivity contribution in [3.8, 4) is 10.7 Å². The van der Waals surface area contributed by atoms with E-state index in [0.29, 0.717) is 11.4 Å². The molecule has 0 unspecified atom stereocenters. The lowest BCUT2D eigenvalue weighted by Gasteiger charge is -2.33. The van der Waals surface area contributed by atoms with Crippen LogP contribution in [0.3, 0.4) is 0 Å². The fourth-order valence-electron chi connectivity index (χ4n) is 4.23. The summed E-state index contributed by atoms with van der Waals surface area (Å²) >= 11 is 1.45. The molecular weight excluding hydrogens is 505 g/mol. The van der Waals surface area contributed by atoms with E-state index in [1.165, 1.54) is 34.4 Å². The molecule has 3 aromatic heterocycles. The Morgan fingerprint density at radius 3 is 2.61 bits per heavy atom. The van der Waals surface area contributed by atoms with Crippen LogP contribution in [-0.2, 0) is 16.1 Å². The number of benzene rings is 2. The van der Waals surface area contributed by atoms with Gasteiger partial charge in [-0.05, 0) is 55.6 Å². The van der Waals surface area contributed by atoms with Crippen molar-refractivity contribution in [2.45, 2.75) is 38.9 Å². The average molecular weight is 532 g/mol. The number of aromatic nitrogens is 5. The lowest BCUT2D eigenvalue weighted by Crippen LogP contribution is -2.50. The fourth-order valence-corrected chi connectivity index (χ4v) is 4.88. The summed E-state index contributed by atoms with van der Waals surface area (Å²) in [5.74, 6) is -1.29. The minimum atomic E-state index is -1.19. The van der Waals surface area contributed by atoms with Gasteiger partial charge in [-0.15, -0.1) is 21.5 Å². The van der Waals surface area contributed by atoms with Crippen molar-refractivity contribution in [1.82, 2.24) is 30.5 Å². The molecule has 11 heteroatoms. The first-order valence-corrected chi connectivity index (χ1v) is 12.9. The molecule has 0 fully saturated rings. The van der Waals surface area contributed by atoms with E-state index in [1.807, 2.05) is 62.5 Å². The number of carbonyl (C=O) groups excluding carboxylic acids is 2. The van der Waals surface area contributed by atoms with Crippen molar-refractivity contribution >= 4 is 39.7 Å². The number of thiophene rings is 1. The molecule has 2 aromatic carbocycles. The highest BCUT2D eigenvalue weighted by Gasteiger charge is 2.37. The molecule has 5 aromatic rings. The molecule has 1 atom stereocenters.